The zero-order valence-corrected chi connectivity index (χ0v) is 11.3. The van der Waals surface area contributed by atoms with Crippen molar-refractivity contribution in [3.63, 3.8) is 0 Å². The molecule has 5 nitrogen and oxygen atoms in total. The number of imidazole rings is 1. The number of benzene rings is 1. The summed E-state index contributed by atoms with van der Waals surface area (Å²) in [6.45, 7) is 3.64. The third kappa shape index (κ3) is 2.43. The monoisotopic (exact) mass is 259 g/mol. The molecule has 19 heavy (non-hydrogen) atoms. The van der Waals surface area contributed by atoms with Gasteiger partial charge in [0.25, 0.3) is 0 Å². The van der Waals surface area contributed by atoms with Gasteiger partial charge < -0.3 is 20.5 Å². The van der Waals surface area contributed by atoms with Crippen molar-refractivity contribution in [1.82, 2.24) is 14.5 Å². The average Bonchev–Trinajstić information content (AvgIpc) is 2.96. The van der Waals surface area contributed by atoms with Crippen LogP contribution in [-0.2, 0) is 6.54 Å². The molecule has 0 saturated carbocycles. The summed E-state index contributed by atoms with van der Waals surface area (Å²) in [6.07, 6.45) is 1.17. The topological polar surface area (TPSA) is 59.1 Å². The number of nitrogens with two attached hydrogens (primary N) is 1. The van der Waals surface area contributed by atoms with Crippen molar-refractivity contribution in [2.75, 3.05) is 32.0 Å². The standard InChI is InChI=1S/C14H21N5/c1-18-8-6-11(10-18)16-14-17-12-4-2-3-5-13(12)19(14)9-7-15/h2-5,11H,6-10,15H2,1H3,(H,16,17). The van der Waals surface area contributed by atoms with E-state index in [4.69, 9.17) is 10.7 Å². The van der Waals surface area contributed by atoms with Gasteiger partial charge in [-0.2, -0.15) is 0 Å². The van der Waals surface area contributed by atoms with E-state index in [1.807, 2.05) is 18.2 Å². The van der Waals surface area contributed by atoms with Crippen molar-refractivity contribution in [1.29, 1.82) is 0 Å². The van der Waals surface area contributed by atoms with Crippen LogP contribution in [0.3, 0.4) is 0 Å². The lowest BCUT2D eigenvalue weighted by atomic mass is 10.3. The third-order valence-electron chi connectivity index (χ3n) is 3.73. The largest absolute Gasteiger partial charge is 0.352 e. The van der Waals surface area contributed by atoms with Crippen LogP contribution in [0, 0.1) is 0 Å². The summed E-state index contributed by atoms with van der Waals surface area (Å²) in [5.41, 5.74) is 7.91. The van der Waals surface area contributed by atoms with Gasteiger partial charge in [-0.15, -0.1) is 0 Å². The summed E-state index contributed by atoms with van der Waals surface area (Å²) < 4.78 is 2.19. The zero-order valence-electron chi connectivity index (χ0n) is 11.3. The number of likely N-dealkylation sites (N-methyl/N-ethyl adjacent to an activating group) is 1. The minimum Gasteiger partial charge on any atom is -0.352 e. The highest BCUT2D eigenvalue weighted by molar-refractivity contribution is 5.78. The van der Waals surface area contributed by atoms with Gasteiger partial charge in [-0.1, -0.05) is 12.1 Å². The van der Waals surface area contributed by atoms with Crippen molar-refractivity contribution in [3.8, 4) is 0 Å². The Morgan fingerprint density at radius 3 is 3.00 bits per heavy atom. The van der Waals surface area contributed by atoms with Gasteiger partial charge in [0.2, 0.25) is 5.95 Å². The molecule has 1 aliphatic rings. The molecule has 3 N–H and O–H groups in total. The second-order valence-corrected chi connectivity index (χ2v) is 5.26. The van der Waals surface area contributed by atoms with Crippen molar-refractivity contribution in [2.24, 2.45) is 5.73 Å². The maximum atomic E-state index is 5.73. The summed E-state index contributed by atoms with van der Waals surface area (Å²) in [6, 6.07) is 8.70. The first-order valence-electron chi connectivity index (χ1n) is 6.88. The molecule has 102 valence electrons. The number of hydrogen-bond acceptors (Lipinski definition) is 4. The highest BCUT2D eigenvalue weighted by Crippen LogP contribution is 2.21. The molecular formula is C14H21N5. The molecule has 2 aromatic rings. The van der Waals surface area contributed by atoms with Crippen LogP contribution in [-0.4, -0.2) is 47.2 Å². The van der Waals surface area contributed by atoms with Crippen LogP contribution in [0.2, 0.25) is 0 Å². The Bertz CT molecular complexity index is 562. The van der Waals surface area contributed by atoms with Gasteiger partial charge in [0, 0.05) is 25.7 Å². The molecule has 1 aromatic carbocycles. The minimum absolute atomic E-state index is 0.485. The molecule has 1 atom stereocenters. The maximum Gasteiger partial charge on any atom is 0.204 e. The first-order chi connectivity index (χ1) is 9.28. The first kappa shape index (κ1) is 12.4. The number of para-hydroxylation sites is 2. The van der Waals surface area contributed by atoms with Crippen molar-refractivity contribution < 1.29 is 0 Å². The fraction of sp³-hybridized carbons (Fsp3) is 0.500. The molecule has 0 radical (unpaired) electrons. The van der Waals surface area contributed by atoms with Gasteiger partial charge in [0.05, 0.1) is 11.0 Å². The molecule has 1 aromatic heterocycles. The minimum atomic E-state index is 0.485. The lowest BCUT2D eigenvalue weighted by Crippen LogP contribution is -2.25. The summed E-state index contributed by atoms with van der Waals surface area (Å²) in [7, 11) is 2.16. The molecule has 1 unspecified atom stereocenters. The molecule has 1 aliphatic heterocycles. The van der Waals surface area contributed by atoms with Gasteiger partial charge in [0.15, 0.2) is 0 Å². The predicted octanol–water partition coefficient (Wildman–Crippen LogP) is 1.11. The summed E-state index contributed by atoms with van der Waals surface area (Å²) in [5, 5.41) is 3.57. The number of likely N-dealkylation sites (tertiary alicyclic amines) is 1. The van der Waals surface area contributed by atoms with Gasteiger partial charge >= 0.3 is 0 Å². The Labute approximate surface area is 113 Å². The van der Waals surface area contributed by atoms with E-state index in [0.717, 1.165) is 36.6 Å². The Morgan fingerprint density at radius 2 is 2.26 bits per heavy atom. The van der Waals surface area contributed by atoms with Crippen LogP contribution < -0.4 is 11.1 Å². The highest BCUT2D eigenvalue weighted by atomic mass is 15.3. The van der Waals surface area contributed by atoms with Gasteiger partial charge in [0.1, 0.15) is 0 Å². The number of nitrogens with zero attached hydrogens (tertiary/aromatic N) is 3. The third-order valence-corrected chi connectivity index (χ3v) is 3.73. The fourth-order valence-corrected chi connectivity index (χ4v) is 2.78. The number of hydrogen-bond donors (Lipinski definition) is 2. The Balaban J connectivity index is 1.90. The normalized spacial score (nSPS) is 20.2. The summed E-state index contributed by atoms with van der Waals surface area (Å²) in [5.74, 6) is 0.951. The molecule has 0 bridgehead atoms. The average molecular weight is 259 g/mol. The van der Waals surface area contributed by atoms with Crippen LogP contribution in [0.4, 0.5) is 5.95 Å². The Hall–Kier alpha value is -1.59. The number of anilines is 1. The fourth-order valence-electron chi connectivity index (χ4n) is 2.78. The van der Waals surface area contributed by atoms with Crippen molar-refractivity contribution >= 4 is 17.0 Å². The SMILES string of the molecule is CN1CCC(Nc2nc3ccccc3n2CCN)C1. The van der Waals surface area contributed by atoms with E-state index in [-0.39, 0.29) is 0 Å². The molecule has 0 amide bonds. The first-order valence-corrected chi connectivity index (χ1v) is 6.88. The molecule has 0 spiro atoms. The highest BCUT2D eigenvalue weighted by Gasteiger charge is 2.21. The van der Waals surface area contributed by atoms with Crippen LogP contribution in [0.5, 0.6) is 0 Å². The van der Waals surface area contributed by atoms with Crippen molar-refractivity contribution in [2.45, 2.75) is 19.0 Å². The number of rotatable bonds is 4. The molecule has 1 saturated heterocycles. The van der Waals surface area contributed by atoms with E-state index in [1.165, 1.54) is 6.42 Å². The number of fused-ring (bicyclic) bond motifs is 1. The number of nitrogens with one attached hydrogen (secondary N) is 1. The van der Waals surface area contributed by atoms with E-state index >= 15 is 0 Å². The van der Waals surface area contributed by atoms with E-state index < -0.39 is 0 Å². The summed E-state index contributed by atoms with van der Waals surface area (Å²) >= 11 is 0. The summed E-state index contributed by atoms with van der Waals surface area (Å²) in [4.78, 5) is 7.04. The Kier molecular flexibility index (Phi) is 3.40. The molecule has 5 heteroatoms. The zero-order chi connectivity index (χ0) is 13.2. The molecule has 0 aliphatic carbocycles. The second kappa shape index (κ2) is 5.19. The second-order valence-electron chi connectivity index (χ2n) is 5.26. The van der Waals surface area contributed by atoms with E-state index in [0.29, 0.717) is 12.6 Å². The van der Waals surface area contributed by atoms with Crippen LogP contribution >= 0.6 is 0 Å². The lowest BCUT2D eigenvalue weighted by molar-refractivity contribution is 0.413. The molecule has 1 fully saturated rings. The molecular weight excluding hydrogens is 238 g/mol. The van der Waals surface area contributed by atoms with Gasteiger partial charge in [-0.25, -0.2) is 4.98 Å². The smallest absolute Gasteiger partial charge is 0.204 e. The molecule has 2 heterocycles. The predicted molar refractivity (Wildman–Crippen MR) is 78.3 cm³/mol. The van der Waals surface area contributed by atoms with Gasteiger partial charge in [-0.3, -0.25) is 0 Å². The van der Waals surface area contributed by atoms with Crippen LogP contribution in [0.15, 0.2) is 24.3 Å². The quantitative estimate of drug-likeness (QED) is 0.863. The van der Waals surface area contributed by atoms with Crippen LogP contribution in [0.25, 0.3) is 11.0 Å². The number of aromatic nitrogens is 2. The van der Waals surface area contributed by atoms with E-state index in [1.54, 1.807) is 0 Å². The molecule has 3 rings (SSSR count). The maximum absolute atomic E-state index is 5.73. The van der Waals surface area contributed by atoms with Gasteiger partial charge in [-0.05, 0) is 32.1 Å². The van der Waals surface area contributed by atoms with Crippen molar-refractivity contribution in [3.05, 3.63) is 24.3 Å². The van der Waals surface area contributed by atoms with E-state index in [9.17, 15) is 0 Å². The lowest BCUT2D eigenvalue weighted by Gasteiger charge is -2.15. The van der Waals surface area contributed by atoms with Crippen LogP contribution in [0.1, 0.15) is 6.42 Å². The van der Waals surface area contributed by atoms with E-state index in [2.05, 4.69) is 27.9 Å². The Morgan fingerprint density at radius 1 is 1.42 bits per heavy atom.